The maximum Gasteiger partial charge on any atom is 0.266 e. The highest BCUT2D eigenvalue weighted by Gasteiger charge is 2.27. The van der Waals surface area contributed by atoms with Gasteiger partial charge in [-0.15, -0.1) is 11.3 Å². The lowest BCUT2D eigenvalue weighted by molar-refractivity contribution is 0.0752. The van der Waals surface area contributed by atoms with Gasteiger partial charge in [-0.3, -0.25) is 4.79 Å². The molecule has 3 aromatic heterocycles. The predicted octanol–water partition coefficient (Wildman–Crippen LogP) is 4.19. The number of halogens is 1. The number of carbonyl (C=O) groups is 1. The van der Waals surface area contributed by atoms with E-state index in [1.807, 2.05) is 46.1 Å². The second-order valence-corrected chi connectivity index (χ2v) is 7.98. The Kier molecular flexibility index (Phi) is 4.52. The largest absolute Gasteiger partial charge is 0.368 e. The van der Waals surface area contributed by atoms with E-state index in [1.54, 1.807) is 18.3 Å². The molecule has 146 valence electrons. The summed E-state index contributed by atoms with van der Waals surface area (Å²) >= 11 is 1.44. The lowest BCUT2D eigenvalue weighted by Gasteiger charge is -2.36. The summed E-state index contributed by atoms with van der Waals surface area (Å²) in [5.74, 6) is -0.200. The third kappa shape index (κ3) is 3.27. The van der Waals surface area contributed by atoms with Crippen molar-refractivity contribution in [2.24, 2.45) is 0 Å². The number of pyridine rings is 1. The first-order chi connectivity index (χ1) is 14.2. The van der Waals surface area contributed by atoms with Crippen molar-refractivity contribution < 1.29 is 9.18 Å². The summed E-state index contributed by atoms with van der Waals surface area (Å²) in [6, 6.07) is 14.3. The number of anilines is 1. The highest BCUT2D eigenvalue weighted by atomic mass is 32.1. The molecule has 0 atom stereocenters. The van der Waals surface area contributed by atoms with Crippen molar-refractivity contribution in [3.63, 3.8) is 0 Å². The van der Waals surface area contributed by atoms with Crippen LogP contribution in [0.2, 0.25) is 0 Å². The fraction of sp³-hybridized carbons (Fsp3) is 0.182. The molecular weight excluding hydrogens is 387 g/mol. The number of hydrogen-bond donors (Lipinski definition) is 0. The smallest absolute Gasteiger partial charge is 0.266 e. The van der Waals surface area contributed by atoms with Gasteiger partial charge in [0.2, 0.25) is 0 Å². The molecule has 0 bridgehead atoms. The molecule has 0 radical (unpaired) electrons. The van der Waals surface area contributed by atoms with Gasteiger partial charge >= 0.3 is 0 Å². The number of aromatic nitrogens is 2. The zero-order valence-corrected chi connectivity index (χ0v) is 16.5. The van der Waals surface area contributed by atoms with Crippen LogP contribution in [0.3, 0.4) is 0 Å². The molecule has 0 N–H and O–H groups in total. The summed E-state index contributed by atoms with van der Waals surface area (Å²) in [4.78, 5) is 23.5. The lowest BCUT2D eigenvalue weighted by atomic mass is 10.2. The van der Waals surface area contributed by atoms with E-state index < -0.39 is 0 Å². The second kappa shape index (κ2) is 7.33. The van der Waals surface area contributed by atoms with Gasteiger partial charge in [0.1, 0.15) is 15.5 Å². The minimum absolute atomic E-state index is 0.0375. The van der Waals surface area contributed by atoms with Crippen LogP contribution in [0.15, 0.2) is 67.1 Å². The summed E-state index contributed by atoms with van der Waals surface area (Å²) in [6.07, 6.45) is 5.67. The SMILES string of the molecule is O=C(c1sc2ncccc2c1-n1cccc1)N1CCN(c2ccc(F)cc2)CC1. The first-order valence-corrected chi connectivity index (χ1v) is 10.3. The molecule has 4 heterocycles. The van der Waals surface area contributed by atoms with Crippen LogP contribution in [0, 0.1) is 5.82 Å². The topological polar surface area (TPSA) is 41.4 Å². The summed E-state index contributed by atoms with van der Waals surface area (Å²) in [5, 5.41) is 0.988. The van der Waals surface area contributed by atoms with Crippen molar-refractivity contribution in [3.8, 4) is 5.69 Å². The third-order valence-corrected chi connectivity index (χ3v) is 6.35. The maximum atomic E-state index is 13.4. The summed E-state index contributed by atoms with van der Waals surface area (Å²) < 4.78 is 15.2. The van der Waals surface area contributed by atoms with Crippen LogP contribution in [0.1, 0.15) is 9.67 Å². The normalized spacial score (nSPS) is 14.5. The van der Waals surface area contributed by atoms with Gasteiger partial charge in [-0.2, -0.15) is 0 Å². The number of hydrogen-bond acceptors (Lipinski definition) is 4. The van der Waals surface area contributed by atoms with Gasteiger partial charge in [-0.05, 0) is 48.5 Å². The Hall–Kier alpha value is -3.19. The molecule has 1 saturated heterocycles. The van der Waals surface area contributed by atoms with Crippen LogP contribution in [0.25, 0.3) is 15.9 Å². The zero-order valence-electron chi connectivity index (χ0n) is 15.7. The van der Waals surface area contributed by atoms with Gasteiger partial charge in [0.15, 0.2) is 0 Å². The molecule has 1 amide bonds. The number of rotatable bonds is 3. The molecule has 0 saturated carbocycles. The van der Waals surface area contributed by atoms with Crippen LogP contribution in [0.5, 0.6) is 0 Å². The second-order valence-electron chi connectivity index (χ2n) is 6.98. The van der Waals surface area contributed by atoms with Gasteiger partial charge in [0.05, 0.1) is 5.69 Å². The summed E-state index contributed by atoms with van der Waals surface area (Å²) in [6.45, 7) is 2.70. The Balaban J connectivity index is 1.41. The zero-order chi connectivity index (χ0) is 19.8. The van der Waals surface area contributed by atoms with Crippen LogP contribution >= 0.6 is 11.3 Å². The average molecular weight is 406 g/mol. The maximum absolute atomic E-state index is 13.4. The first kappa shape index (κ1) is 17.9. The van der Waals surface area contributed by atoms with E-state index >= 15 is 0 Å². The van der Waals surface area contributed by atoms with E-state index in [-0.39, 0.29) is 11.7 Å². The molecule has 1 aromatic carbocycles. The molecule has 7 heteroatoms. The summed E-state index contributed by atoms with van der Waals surface area (Å²) in [5.41, 5.74) is 1.88. The van der Waals surface area contributed by atoms with Crippen LogP contribution < -0.4 is 4.90 Å². The van der Waals surface area contributed by atoms with Crippen molar-refractivity contribution in [2.45, 2.75) is 0 Å². The van der Waals surface area contributed by atoms with Crippen LogP contribution in [-0.4, -0.2) is 46.5 Å². The van der Waals surface area contributed by atoms with Crippen LogP contribution in [0.4, 0.5) is 10.1 Å². The van der Waals surface area contributed by atoms with Gasteiger partial charge in [-0.25, -0.2) is 9.37 Å². The molecule has 1 aliphatic rings. The highest BCUT2D eigenvalue weighted by molar-refractivity contribution is 7.21. The molecular formula is C22H19FN4OS. The van der Waals surface area contributed by atoms with E-state index in [0.717, 1.165) is 34.7 Å². The van der Waals surface area contributed by atoms with Crippen LogP contribution in [-0.2, 0) is 0 Å². The number of amides is 1. The van der Waals surface area contributed by atoms with E-state index in [9.17, 15) is 9.18 Å². The third-order valence-electron chi connectivity index (χ3n) is 5.26. The fourth-order valence-electron chi connectivity index (χ4n) is 3.77. The van der Waals surface area contributed by atoms with Crippen molar-refractivity contribution in [1.29, 1.82) is 0 Å². The Morgan fingerprint density at radius 1 is 0.966 bits per heavy atom. The Bertz CT molecular complexity index is 1150. The summed E-state index contributed by atoms with van der Waals surface area (Å²) in [7, 11) is 0. The van der Waals surface area contributed by atoms with E-state index in [4.69, 9.17) is 0 Å². The van der Waals surface area contributed by atoms with Gasteiger partial charge in [0, 0.05) is 55.8 Å². The van der Waals surface area contributed by atoms with E-state index in [2.05, 4.69) is 9.88 Å². The Morgan fingerprint density at radius 3 is 2.41 bits per heavy atom. The number of thiophene rings is 1. The standard InChI is InChI=1S/C22H19FN4OS/c23-16-5-7-17(8-6-16)25-12-14-27(15-13-25)22(28)20-19(26-10-1-2-11-26)18-4-3-9-24-21(18)29-20/h1-11H,12-15H2. The Morgan fingerprint density at radius 2 is 1.69 bits per heavy atom. The molecule has 5 rings (SSSR count). The highest BCUT2D eigenvalue weighted by Crippen LogP contribution is 2.34. The lowest BCUT2D eigenvalue weighted by Crippen LogP contribution is -2.48. The number of carbonyl (C=O) groups excluding carboxylic acids is 1. The molecule has 4 aromatic rings. The first-order valence-electron chi connectivity index (χ1n) is 9.51. The van der Waals surface area contributed by atoms with Crippen molar-refractivity contribution in [1.82, 2.24) is 14.5 Å². The molecule has 0 unspecified atom stereocenters. The van der Waals surface area contributed by atoms with Crippen molar-refractivity contribution in [2.75, 3.05) is 31.1 Å². The predicted molar refractivity (Wildman–Crippen MR) is 113 cm³/mol. The Labute approximate surface area is 171 Å². The van der Waals surface area contributed by atoms with E-state index in [0.29, 0.717) is 18.0 Å². The van der Waals surface area contributed by atoms with Gasteiger partial charge in [0.25, 0.3) is 5.91 Å². The fourth-order valence-corrected chi connectivity index (χ4v) is 4.88. The van der Waals surface area contributed by atoms with Crippen molar-refractivity contribution >= 4 is 33.1 Å². The van der Waals surface area contributed by atoms with Crippen molar-refractivity contribution in [3.05, 3.63) is 77.8 Å². The minimum atomic E-state index is -0.238. The molecule has 1 fully saturated rings. The van der Waals surface area contributed by atoms with Gasteiger partial charge in [-0.1, -0.05) is 0 Å². The molecule has 1 aliphatic heterocycles. The van der Waals surface area contributed by atoms with E-state index in [1.165, 1.54) is 23.5 Å². The number of piperazine rings is 1. The number of nitrogens with zero attached hydrogens (tertiary/aromatic N) is 4. The number of fused-ring (bicyclic) bond motifs is 1. The quantitative estimate of drug-likeness (QED) is 0.512. The monoisotopic (exact) mass is 406 g/mol. The molecule has 5 nitrogen and oxygen atoms in total. The number of benzene rings is 1. The average Bonchev–Trinajstić information content (AvgIpc) is 3.41. The minimum Gasteiger partial charge on any atom is -0.368 e. The molecule has 0 spiro atoms. The molecule has 0 aliphatic carbocycles. The van der Waals surface area contributed by atoms with Gasteiger partial charge < -0.3 is 14.4 Å². The molecule has 29 heavy (non-hydrogen) atoms.